The Balaban J connectivity index is 1.71. The summed E-state index contributed by atoms with van der Waals surface area (Å²) in [7, 11) is 0. The highest BCUT2D eigenvalue weighted by molar-refractivity contribution is 6.06. The van der Waals surface area contributed by atoms with Crippen LogP contribution >= 0.6 is 0 Å². The molecule has 0 spiro atoms. The number of amides is 2. The van der Waals surface area contributed by atoms with Crippen LogP contribution in [-0.2, 0) is 9.59 Å². The smallest absolute Gasteiger partial charge is 0.248 e. The highest BCUT2D eigenvalue weighted by atomic mass is 16.5. The maximum Gasteiger partial charge on any atom is 0.248 e. The van der Waals surface area contributed by atoms with Crippen LogP contribution < -0.4 is 19.7 Å². The molecule has 158 valence electrons. The number of nitrogens with zero attached hydrogens (tertiary/aromatic N) is 1. The number of ether oxygens (including phenoxy) is 2. The predicted octanol–water partition coefficient (Wildman–Crippen LogP) is 4.65. The van der Waals surface area contributed by atoms with E-state index in [1.807, 2.05) is 50.2 Å². The van der Waals surface area contributed by atoms with Gasteiger partial charge in [0.1, 0.15) is 0 Å². The molecule has 2 aromatic carbocycles. The Morgan fingerprint density at radius 1 is 1.13 bits per heavy atom. The van der Waals surface area contributed by atoms with E-state index in [2.05, 4.69) is 5.32 Å². The molecule has 30 heavy (non-hydrogen) atoms. The molecule has 6 heteroatoms. The molecule has 0 aliphatic carbocycles. The van der Waals surface area contributed by atoms with E-state index in [4.69, 9.17) is 9.47 Å². The van der Waals surface area contributed by atoms with Crippen molar-refractivity contribution in [1.29, 1.82) is 0 Å². The number of hydrogen-bond acceptors (Lipinski definition) is 4. The highest BCUT2D eigenvalue weighted by Crippen LogP contribution is 2.30. The number of rotatable bonds is 9. The molecule has 1 aliphatic heterocycles. The van der Waals surface area contributed by atoms with Gasteiger partial charge in [-0.1, -0.05) is 25.1 Å². The van der Waals surface area contributed by atoms with Crippen molar-refractivity contribution in [3.8, 4) is 11.5 Å². The van der Waals surface area contributed by atoms with Crippen LogP contribution in [0.3, 0.4) is 0 Å². The first-order valence-corrected chi connectivity index (χ1v) is 10.4. The summed E-state index contributed by atoms with van der Waals surface area (Å²) in [6.07, 6.45) is 5.49. The monoisotopic (exact) mass is 408 g/mol. The van der Waals surface area contributed by atoms with Gasteiger partial charge in [-0.15, -0.1) is 0 Å². The van der Waals surface area contributed by atoms with Gasteiger partial charge in [-0.2, -0.15) is 0 Å². The van der Waals surface area contributed by atoms with Crippen molar-refractivity contribution in [3.05, 3.63) is 54.1 Å². The van der Waals surface area contributed by atoms with Gasteiger partial charge in [0.15, 0.2) is 11.5 Å². The molecule has 0 radical (unpaired) electrons. The van der Waals surface area contributed by atoms with Crippen LogP contribution in [0.1, 0.15) is 38.7 Å². The Labute approximate surface area is 177 Å². The fraction of sp³-hybridized carbons (Fsp3) is 0.333. The van der Waals surface area contributed by atoms with Gasteiger partial charge < -0.3 is 19.7 Å². The van der Waals surface area contributed by atoms with E-state index in [0.717, 1.165) is 24.1 Å². The van der Waals surface area contributed by atoms with Gasteiger partial charge >= 0.3 is 0 Å². The summed E-state index contributed by atoms with van der Waals surface area (Å²) in [6, 6.07) is 13.0. The third-order valence-corrected chi connectivity index (χ3v) is 4.68. The zero-order valence-electron chi connectivity index (χ0n) is 17.5. The number of carbonyl (C=O) groups excluding carboxylic acids is 2. The van der Waals surface area contributed by atoms with Crippen molar-refractivity contribution in [2.45, 2.75) is 33.1 Å². The fourth-order valence-corrected chi connectivity index (χ4v) is 3.29. The third kappa shape index (κ3) is 5.41. The lowest BCUT2D eigenvalue weighted by molar-refractivity contribution is -0.117. The molecule has 0 bridgehead atoms. The zero-order chi connectivity index (χ0) is 21.3. The largest absolute Gasteiger partial charge is 0.490 e. The zero-order valence-corrected chi connectivity index (χ0v) is 17.5. The molecular formula is C24H28N2O4. The highest BCUT2D eigenvalue weighted by Gasteiger charge is 2.23. The molecule has 0 unspecified atom stereocenters. The van der Waals surface area contributed by atoms with Crippen LogP contribution in [0.25, 0.3) is 6.08 Å². The van der Waals surface area contributed by atoms with E-state index in [9.17, 15) is 9.59 Å². The molecule has 1 N–H and O–H groups in total. The van der Waals surface area contributed by atoms with Gasteiger partial charge in [0, 0.05) is 19.0 Å². The van der Waals surface area contributed by atoms with Gasteiger partial charge in [0.25, 0.3) is 0 Å². The third-order valence-electron chi connectivity index (χ3n) is 4.68. The summed E-state index contributed by atoms with van der Waals surface area (Å²) in [5, 5.41) is 2.88. The van der Waals surface area contributed by atoms with Gasteiger partial charge in [0.2, 0.25) is 11.8 Å². The Bertz CT molecular complexity index is 923. The van der Waals surface area contributed by atoms with Crippen molar-refractivity contribution in [1.82, 2.24) is 0 Å². The lowest BCUT2D eigenvalue weighted by atomic mass is 10.2. The van der Waals surface area contributed by atoms with Crippen molar-refractivity contribution in [2.75, 3.05) is 30.0 Å². The molecule has 0 saturated carbocycles. The molecule has 1 fully saturated rings. The second kappa shape index (κ2) is 10.5. The van der Waals surface area contributed by atoms with Gasteiger partial charge in [-0.25, -0.2) is 0 Å². The van der Waals surface area contributed by atoms with Gasteiger partial charge in [-0.05, 0) is 55.7 Å². The van der Waals surface area contributed by atoms with Crippen LogP contribution in [0.15, 0.2) is 48.5 Å². The SMILES string of the molecule is CCCOc1ccc(/C=C/C(=O)Nc2ccccc2N2CCCC2=O)cc1OCC. The maximum absolute atomic E-state index is 12.5. The molecule has 0 atom stereocenters. The minimum absolute atomic E-state index is 0.0843. The number of para-hydroxylation sites is 2. The molecule has 2 aromatic rings. The lowest BCUT2D eigenvalue weighted by Gasteiger charge is -2.19. The van der Waals surface area contributed by atoms with Crippen molar-refractivity contribution >= 4 is 29.3 Å². The van der Waals surface area contributed by atoms with E-state index in [1.165, 1.54) is 6.08 Å². The second-order valence-electron chi connectivity index (χ2n) is 6.98. The van der Waals surface area contributed by atoms with Crippen molar-refractivity contribution < 1.29 is 19.1 Å². The maximum atomic E-state index is 12.5. The number of hydrogen-bond donors (Lipinski definition) is 1. The average Bonchev–Trinajstić information content (AvgIpc) is 3.18. The Morgan fingerprint density at radius 2 is 1.97 bits per heavy atom. The number of nitrogens with one attached hydrogen (secondary N) is 1. The fourth-order valence-electron chi connectivity index (χ4n) is 3.29. The summed E-state index contributed by atoms with van der Waals surface area (Å²) in [4.78, 5) is 26.3. The van der Waals surface area contributed by atoms with Crippen molar-refractivity contribution in [2.24, 2.45) is 0 Å². The quantitative estimate of drug-likeness (QED) is 0.613. The predicted molar refractivity (Wildman–Crippen MR) is 119 cm³/mol. The molecule has 0 aromatic heterocycles. The second-order valence-corrected chi connectivity index (χ2v) is 6.98. The van der Waals surface area contributed by atoms with Crippen LogP contribution in [-0.4, -0.2) is 31.6 Å². The summed E-state index contributed by atoms with van der Waals surface area (Å²) in [6.45, 7) is 5.79. The molecule has 1 saturated heterocycles. The Hall–Kier alpha value is -3.28. The minimum Gasteiger partial charge on any atom is -0.490 e. The number of carbonyl (C=O) groups is 2. The van der Waals surface area contributed by atoms with E-state index >= 15 is 0 Å². The summed E-state index contributed by atoms with van der Waals surface area (Å²) in [5.74, 6) is 1.18. The molecule has 3 rings (SSSR count). The molecule has 2 amide bonds. The van der Waals surface area contributed by atoms with Gasteiger partial charge in [0.05, 0.1) is 24.6 Å². The summed E-state index contributed by atoms with van der Waals surface area (Å²) in [5.41, 5.74) is 2.19. The van der Waals surface area contributed by atoms with Crippen LogP contribution in [0.4, 0.5) is 11.4 Å². The summed E-state index contributed by atoms with van der Waals surface area (Å²) >= 11 is 0. The van der Waals surface area contributed by atoms with E-state index in [-0.39, 0.29) is 11.8 Å². The van der Waals surface area contributed by atoms with E-state index in [0.29, 0.717) is 43.4 Å². The number of anilines is 2. The Morgan fingerprint density at radius 3 is 2.70 bits per heavy atom. The normalized spacial score (nSPS) is 13.7. The molecular weight excluding hydrogens is 380 g/mol. The van der Waals surface area contributed by atoms with Crippen LogP contribution in [0.2, 0.25) is 0 Å². The van der Waals surface area contributed by atoms with Crippen molar-refractivity contribution in [3.63, 3.8) is 0 Å². The minimum atomic E-state index is -0.265. The molecule has 1 heterocycles. The van der Waals surface area contributed by atoms with Gasteiger partial charge in [-0.3, -0.25) is 9.59 Å². The standard InChI is InChI=1S/C24H28N2O4/c1-3-16-30-21-13-11-18(17-22(21)29-4-2)12-14-23(27)25-19-8-5-6-9-20(19)26-15-7-10-24(26)28/h5-6,8-9,11-14,17H,3-4,7,10,15-16H2,1-2H3,(H,25,27)/b14-12+. The number of benzene rings is 2. The van der Waals surface area contributed by atoms with Crippen LogP contribution in [0.5, 0.6) is 11.5 Å². The first-order chi connectivity index (χ1) is 14.6. The average molecular weight is 408 g/mol. The first-order valence-electron chi connectivity index (χ1n) is 10.4. The lowest BCUT2D eigenvalue weighted by Crippen LogP contribution is -2.25. The van der Waals surface area contributed by atoms with Crippen LogP contribution in [0, 0.1) is 0 Å². The first kappa shape index (κ1) is 21.4. The topological polar surface area (TPSA) is 67.9 Å². The van der Waals surface area contributed by atoms with E-state index < -0.39 is 0 Å². The molecule has 1 aliphatic rings. The summed E-state index contributed by atoms with van der Waals surface area (Å²) < 4.78 is 11.4. The van der Waals surface area contributed by atoms with E-state index in [1.54, 1.807) is 17.0 Å². The Kier molecular flexibility index (Phi) is 7.49. The molecule has 6 nitrogen and oxygen atoms in total.